The summed E-state index contributed by atoms with van der Waals surface area (Å²) in [6, 6.07) is 0.626. The van der Waals surface area contributed by atoms with E-state index in [1.807, 2.05) is 11.7 Å². The average molecular weight is 329 g/mol. The summed E-state index contributed by atoms with van der Waals surface area (Å²) >= 11 is 3.68. The van der Waals surface area contributed by atoms with Crippen LogP contribution in [0.1, 0.15) is 31.7 Å². The fourth-order valence-corrected chi connectivity index (χ4v) is 3.30. The Balaban J connectivity index is 2.15. The second kappa shape index (κ2) is 6.37. The number of hydrogen-bond acceptors (Lipinski definition) is 3. The van der Waals surface area contributed by atoms with Crippen molar-refractivity contribution in [2.45, 2.75) is 39.8 Å². The van der Waals surface area contributed by atoms with Gasteiger partial charge in [0.05, 0.1) is 15.9 Å². The maximum Gasteiger partial charge on any atom is 0.0739 e. The SMILES string of the molecule is CCC(C)C1CNCCN1Cc1c(Br)c(C)nn1C. The van der Waals surface area contributed by atoms with E-state index in [0.29, 0.717) is 6.04 Å². The molecule has 2 unspecified atom stereocenters. The van der Waals surface area contributed by atoms with Gasteiger partial charge in [0.25, 0.3) is 0 Å². The molecular formula is C14H25BrN4. The Labute approximate surface area is 124 Å². The number of rotatable bonds is 4. The van der Waals surface area contributed by atoms with E-state index in [2.05, 4.69) is 52.0 Å². The maximum absolute atomic E-state index is 4.49. The molecule has 0 saturated carbocycles. The van der Waals surface area contributed by atoms with E-state index >= 15 is 0 Å². The van der Waals surface area contributed by atoms with Crippen molar-refractivity contribution in [3.8, 4) is 0 Å². The third-order valence-corrected chi connectivity index (χ3v) is 5.35. The van der Waals surface area contributed by atoms with Gasteiger partial charge in [-0.1, -0.05) is 20.3 Å². The van der Waals surface area contributed by atoms with E-state index in [0.717, 1.165) is 42.3 Å². The average Bonchev–Trinajstić information content (AvgIpc) is 2.65. The van der Waals surface area contributed by atoms with Crippen LogP contribution in [0.5, 0.6) is 0 Å². The topological polar surface area (TPSA) is 33.1 Å². The Kier molecular flexibility index (Phi) is 5.03. The quantitative estimate of drug-likeness (QED) is 0.920. The highest BCUT2D eigenvalue weighted by atomic mass is 79.9. The highest BCUT2D eigenvalue weighted by Crippen LogP contribution is 2.24. The molecule has 0 amide bonds. The van der Waals surface area contributed by atoms with Crippen LogP contribution in [0.3, 0.4) is 0 Å². The van der Waals surface area contributed by atoms with Crippen LogP contribution in [0, 0.1) is 12.8 Å². The molecule has 1 aromatic heterocycles. The highest BCUT2D eigenvalue weighted by molar-refractivity contribution is 9.10. The van der Waals surface area contributed by atoms with Gasteiger partial charge in [-0.2, -0.15) is 5.10 Å². The first-order chi connectivity index (χ1) is 9.04. The summed E-state index contributed by atoms with van der Waals surface area (Å²) in [6.07, 6.45) is 1.23. The Bertz CT molecular complexity index is 429. The molecule has 0 bridgehead atoms. The summed E-state index contributed by atoms with van der Waals surface area (Å²) in [5, 5.41) is 8.02. The summed E-state index contributed by atoms with van der Waals surface area (Å²) in [5.41, 5.74) is 2.36. The van der Waals surface area contributed by atoms with Gasteiger partial charge in [-0.25, -0.2) is 0 Å². The van der Waals surface area contributed by atoms with Crippen LogP contribution < -0.4 is 5.32 Å². The van der Waals surface area contributed by atoms with Crippen molar-refractivity contribution in [2.75, 3.05) is 19.6 Å². The van der Waals surface area contributed by atoms with Gasteiger partial charge in [-0.05, 0) is 28.8 Å². The third kappa shape index (κ3) is 3.20. The van der Waals surface area contributed by atoms with Gasteiger partial charge in [-0.15, -0.1) is 0 Å². The molecule has 1 saturated heterocycles. The molecule has 0 aromatic carbocycles. The predicted molar refractivity (Wildman–Crippen MR) is 82.2 cm³/mol. The van der Waals surface area contributed by atoms with Gasteiger partial charge in [0.2, 0.25) is 0 Å². The third-order valence-electron chi connectivity index (χ3n) is 4.31. The lowest BCUT2D eigenvalue weighted by atomic mass is 9.96. The lowest BCUT2D eigenvalue weighted by molar-refractivity contribution is 0.106. The summed E-state index contributed by atoms with van der Waals surface area (Å²) in [5.74, 6) is 0.723. The van der Waals surface area contributed by atoms with Crippen molar-refractivity contribution in [1.29, 1.82) is 0 Å². The summed E-state index contributed by atoms with van der Waals surface area (Å²) in [7, 11) is 2.04. The van der Waals surface area contributed by atoms with Crippen LogP contribution in [-0.2, 0) is 13.6 Å². The summed E-state index contributed by atoms with van der Waals surface area (Å²) in [4.78, 5) is 2.60. The molecule has 5 heteroatoms. The summed E-state index contributed by atoms with van der Waals surface area (Å²) < 4.78 is 3.17. The van der Waals surface area contributed by atoms with Crippen molar-refractivity contribution >= 4 is 15.9 Å². The zero-order valence-electron chi connectivity index (χ0n) is 12.4. The van der Waals surface area contributed by atoms with E-state index in [1.54, 1.807) is 0 Å². The predicted octanol–water partition coefficient (Wildman–Crippen LogP) is 2.31. The number of nitrogens with zero attached hydrogens (tertiary/aromatic N) is 3. The molecule has 2 atom stereocenters. The largest absolute Gasteiger partial charge is 0.314 e. The lowest BCUT2D eigenvalue weighted by Crippen LogP contribution is -2.53. The minimum atomic E-state index is 0.626. The molecule has 0 aliphatic carbocycles. The van der Waals surface area contributed by atoms with E-state index in [9.17, 15) is 0 Å². The van der Waals surface area contributed by atoms with Crippen LogP contribution in [0.15, 0.2) is 4.47 Å². The number of aromatic nitrogens is 2. The monoisotopic (exact) mass is 328 g/mol. The van der Waals surface area contributed by atoms with Gasteiger partial charge in [0.15, 0.2) is 0 Å². The molecule has 2 heterocycles. The molecule has 0 radical (unpaired) electrons. The normalized spacial score (nSPS) is 22.7. The molecular weight excluding hydrogens is 304 g/mol. The van der Waals surface area contributed by atoms with Crippen LogP contribution in [-0.4, -0.2) is 40.4 Å². The molecule has 1 aliphatic heterocycles. The lowest BCUT2D eigenvalue weighted by Gasteiger charge is -2.39. The molecule has 1 fully saturated rings. The van der Waals surface area contributed by atoms with Gasteiger partial charge >= 0.3 is 0 Å². The van der Waals surface area contributed by atoms with Crippen LogP contribution in [0.25, 0.3) is 0 Å². The Hall–Kier alpha value is -0.390. The number of hydrogen-bond donors (Lipinski definition) is 1. The molecule has 2 rings (SSSR count). The summed E-state index contributed by atoms with van der Waals surface area (Å²) in [6.45, 7) is 11.0. The molecule has 1 aromatic rings. The number of nitrogens with one attached hydrogen (secondary N) is 1. The first-order valence-electron chi connectivity index (χ1n) is 7.17. The molecule has 0 spiro atoms. The minimum absolute atomic E-state index is 0.626. The van der Waals surface area contributed by atoms with E-state index < -0.39 is 0 Å². The number of halogens is 1. The first-order valence-corrected chi connectivity index (χ1v) is 7.96. The molecule has 108 valence electrons. The van der Waals surface area contributed by atoms with Crippen LogP contribution in [0.2, 0.25) is 0 Å². The molecule has 1 N–H and O–H groups in total. The molecule has 1 aliphatic rings. The number of piperazine rings is 1. The fraction of sp³-hybridized carbons (Fsp3) is 0.786. The van der Waals surface area contributed by atoms with E-state index in [-0.39, 0.29) is 0 Å². The fourth-order valence-electron chi connectivity index (χ4n) is 2.84. The van der Waals surface area contributed by atoms with Crippen molar-refractivity contribution in [2.24, 2.45) is 13.0 Å². The maximum atomic E-state index is 4.49. The van der Waals surface area contributed by atoms with Crippen molar-refractivity contribution < 1.29 is 0 Å². The minimum Gasteiger partial charge on any atom is -0.314 e. The Morgan fingerprint density at radius 2 is 2.26 bits per heavy atom. The molecule has 4 nitrogen and oxygen atoms in total. The zero-order valence-corrected chi connectivity index (χ0v) is 14.0. The van der Waals surface area contributed by atoms with Gasteiger partial charge in [-0.3, -0.25) is 9.58 Å². The van der Waals surface area contributed by atoms with Gasteiger partial charge in [0.1, 0.15) is 0 Å². The van der Waals surface area contributed by atoms with Gasteiger partial charge in [0, 0.05) is 39.3 Å². The highest BCUT2D eigenvalue weighted by Gasteiger charge is 2.27. The second-order valence-electron chi connectivity index (χ2n) is 5.60. The Morgan fingerprint density at radius 3 is 2.84 bits per heavy atom. The van der Waals surface area contributed by atoms with Crippen molar-refractivity contribution in [3.05, 3.63) is 15.9 Å². The van der Waals surface area contributed by atoms with E-state index in [1.165, 1.54) is 12.1 Å². The first kappa shape index (κ1) is 15.0. The van der Waals surface area contributed by atoms with Gasteiger partial charge < -0.3 is 5.32 Å². The number of aryl methyl sites for hydroxylation is 2. The van der Waals surface area contributed by atoms with Crippen molar-refractivity contribution in [1.82, 2.24) is 20.0 Å². The zero-order chi connectivity index (χ0) is 14.0. The molecule has 19 heavy (non-hydrogen) atoms. The van der Waals surface area contributed by atoms with E-state index in [4.69, 9.17) is 0 Å². The second-order valence-corrected chi connectivity index (χ2v) is 6.39. The Morgan fingerprint density at radius 1 is 1.53 bits per heavy atom. The smallest absolute Gasteiger partial charge is 0.0739 e. The van der Waals surface area contributed by atoms with Crippen LogP contribution >= 0.6 is 15.9 Å². The van der Waals surface area contributed by atoms with Crippen LogP contribution in [0.4, 0.5) is 0 Å². The van der Waals surface area contributed by atoms with Crippen molar-refractivity contribution in [3.63, 3.8) is 0 Å². The standard InChI is InChI=1S/C14H25BrN4/c1-5-10(2)12-8-16-6-7-19(12)9-13-14(15)11(3)17-18(13)4/h10,12,16H,5-9H2,1-4H3.